The van der Waals surface area contributed by atoms with Gasteiger partial charge < -0.3 is 9.30 Å². The largest absolute Gasteiger partial charge is 2.00 e. The van der Waals surface area contributed by atoms with Gasteiger partial charge in [0.15, 0.2) is 0 Å². The van der Waals surface area contributed by atoms with Crippen molar-refractivity contribution >= 4 is 21.8 Å². The number of aromatic nitrogens is 4. The molecule has 0 N–H and O–H groups in total. The summed E-state index contributed by atoms with van der Waals surface area (Å²) in [5, 5.41) is 7.53. The van der Waals surface area contributed by atoms with Gasteiger partial charge in [0.1, 0.15) is 5.82 Å². The third-order valence-electron chi connectivity index (χ3n) is 10.6. The van der Waals surface area contributed by atoms with Crippen LogP contribution in [-0.2, 0) is 31.9 Å². The SMILES string of the molecule is CC1=CCC[C@H](C)C1c1c(C)nn(-c2[c-]c(Oc3[c-]c4c(cc3)c3ccccc3n4-c3cc(C(C)(C)C)ccn3)cc(C(C)C)c2)c1C(C)(C)C.[Pt+2]. The van der Waals surface area contributed by atoms with E-state index in [0.29, 0.717) is 23.3 Å². The molecule has 3 aromatic heterocycles. The summed E-state index contributed by atoms with van der Waals surface area (Å²) in [6.45, 7) is 24.9. The van der Waals surface area contributed by atoms with Crippen LogP contribution in [0.1, 0.15) is 122 Å². The van der Waals surface area contributed by atoms with Gasteiger partial charge in [0.2, 0.25) is 0 Å². The predicted molar refractivity (Wildman–Crippen MR) is 211 cm³/mol. The van der Waals surface area contributed by atoms with Crippen LogP contribution < -0.4 is 4.74 Å². The number of ether oxygens (including phenoxy) is 1. The average molecular weight is 872 g/mol. The first-order valence-corrected chi connectivity index (χ1v) is 18.6. The van der Waals surface area contributed by atoms with Crippen LogP contribution >= 0.6 is 0 Å². The summed E-state index contributed by atoms with van der Waals surface area (Å²) >= 11 is 0. The number of aryl methyl sites for hydroxylation is 1. The number of nitrogens with zero attached hydrogens (tertiary/aromatic N) is 4. The van der Waals surface area contributed by atoms with Crippen molar-refractivity contribution in [3.63, 3.8) is 0 Å². The fourth-order valence-electron chi connectivity index (χ4n) is 7.99. The fourth-order valence-corrected chi connectivity index (χ4v) is 7.99. The molecule has 1 aliphatic carbocycles. The van der Waals surface area contributed by atoms with Crippen molar-refractivity contribution < 1.29 is 25.8 Å². The maximum Gasteiger partial charge on any atom is 2.00 e. The monoisotopic (exact) mass is 871 g/mol. The van der Waals surface area contributed by atoms with Gasteiger partial charge in [0, 0.05) is 40.1 Å². The van der Waals surface area contributed by atoms with Gasteiger partial charge in [-0.25, -0.2) is 4.98 Å². The molecule has 6 heteroatoms. The quantitative estimate of drug-likeness (QED) is 0.124. The first-order valence-electron chi connectivity index (χ1n) is 18.6. The van der Waals surface area contributed by atoms with E-state index in [1.54, 1.807) is 0 Å². The zero-order chi connectivity index (χ0) is 36.4. The van der Waals surface area contributed by atoms with Crippen LogP contribution in [0.4, 0.5) is 0 Å². The molecule has 0 saturated heterocycles. The van der Waals surface area contributed by atoms with E-state index in [0.717, 1.165) is 45.4 Å². The number of hydrogen-bond acceptors (Lipinski definition) is 3. The molecule has 7 rings (SSSR count). The molecule has 1 aliphatic rings. The molecule has 3 aromatic carbocycles. The molecule has 6 aromatic rings. The minimum Gasteiger partial charge on any atom is -0.509 e. The Bertz CT molecular complexity index is 2290. The van der Waals surface area contributed by atoms with Gasteiger partial charge in [0.25, 0.3) is 0 Å². The Balaban J connectivity index is 0.00000464. The summed E-state index contributed by atoms with van der Waals surface area (Å²) in [6, 6.07) is 28.6. The minimum absolute atomic E-state index is 0. The van der Waals surface area contributed by atoms with Crippen LogP contribution in [0.2, 0.25) is 0 Å². The molecular weight excluding hydrogens is 820 g/mol. The second kappa shape index (κ2) is 14.1. The van der Waals surface area contributed by atoms with Crippen LogP contribution in [-0.4, -0.2) is 19.3 Å². The maximum absolute atomic E-state index is 6.72. The summed E-state index contributed by atoms with van der Waals surface area (Å²) < 4.78 is 11.1. The van der Waals surface area contributed by atoms with Crippen LogP contribution in [0.15, 0.2) is 78.5 Å². The summed E-state index contributed by atoms with van der Waals surface area (Å²) in [6.07, 6.45) is 6.68. The molecule has 0 fully saturated rings. The van der Waals surface area contributed by atoms with Gasteiger partial charge >= 0.3 is 21.1 Å². The summed E-state index contributed by atoms with van der Waals surface area (Å²) in [5.41, 5.74) is 10.3. The second-order valence-electron chi connectivity index (χ2n) is 17.0. The molecule has 0 amide bonds. The number of allylic oxidation sites excluding steroid dienone is 2. The molecule has 5 nitrogen and oxygen atoms in total. The van der Waals surface area contributed by atoms with E-state index in [-0.39, 0.29) is 37.8 Å². The first-order chi connectivity index (χ1) is 24.1. The van der Waals surface area contributed by atoms with E-state index in [4.69, 9.17) is 14.8 Å². The van der Waals surface area contributed by atoms with Gasteiger partial charge in [0.05, 0.1) is 11.4 Å². The van der Waals surface area contributed by atoms with E-state index < -0.39 is 0 Å². The van der Waals surface area contributed by atoms with Crippen LogP contribution in [0.5, 0.6) is 11.5 Å². The number of rotatable bonds is 6. The summed E-state index contributed by atoms with van der Waals surface area (Å²) in [5.74, 6) is 3.36. The molecule has 0 bridgehead atoms. The normalized spacial score (nSPS) is 16.7. The number of para-hydroxylation sites is 1. The Hall–Kier alpha value is -3.95. The summed E-state index contributed by atoms with van der Waals surface area (Å²) in [7, 11) is 0. The van der Waals surface area contributed by atoms with E-state index >= 15 is 0 Å². The van der Waals surface area contributed by atoms with Crippen LogP contribution in [0.3, 0.4) is 0 Å². The maximum atomic E-state index is 6.72. The smallest absolute Gasteiger partial charge is 0.509 e. The van der Waals surface area contributed by atoms with Gasteiger partial charge in [-0.3, -0.25) is 4.68 Å². The van der Waals surface area contributed by atoms with Crippen molar-refractivity contribution in [2.24, 2.45) is 5.92 Å². The fraction of sp³-hybridized carbons (Fsp3) is 0.391. The van der Waals surface area contributed by atoms with Crippen molar-refractivity contribution in [3.8, 4) is 23.0 Å². The van der Waals surface area contributed by atoms with E-state index in [9.17, 15) is 0 Å². The Morgan fingerprint density at radius 2 is 1.62 bits per heavy atom. The standard InChI is InChI=1S/C46H52N4O.Pt/c1-28(2)32-23-34(50-44(46(9,10)11)43(31(5)48-50)42-29(3)15-14-16-30(42)4)26-36(24-32)51-35-19-20-38-37-17-12-13-18-39(37)49(40(38)27-35)41-25-33(21-22-47-41)45(6,7)8;/h12-13,15,17-25,28,30,42H,14,16H2,1-11H3;/q-2;+2/t30-,42?;/m0./s1. The van der Waals surface area contributed by atoms with Crippen LogP contribution in [0.25, 0.3) is 33.3 Å². The average Bonchev–Trinajstić information content (AvgIpc) is 3.59. The molecule has 0 saturated carbocycles. The van der Waals surface area contributed by atoms with Crippen molar-refractivity contribution in [2.75, 3.05) is 0 Å². The minimum atomic E-state index is -0.138. The van der Waals surface area contributed by atoms with Gasteiger partial charge in [-0.15, -0.1) is 41.3 Å². The Morgan fingerprint density at radius 3 is 2.31 bits per heavy atom. The van der Waals surface area contributed by atoms with Gasteiger partial charge in [-0.05, 0) is 78.8 Å². The molecule has 3 heterocycles. The first kappa shape index (κ1) is 37.8. The number of fused-ring (bicyclic) bond motifs is 3. The molecule has 0 spiro atoms. The topological polar surface area (TPSA) is 44.9 Å². The molecule has 2 atom stereocenters. The van der Waals surface area contributed by atoms with E-state index in [1.807, 2.05) is 12.3 Å². The van der Waals surface area contributed by atoms with Crippen molar-refractivity contribution in [1.82, 2.24) is 19.3 Å². The summed E-state index contributed by atoms with van der Waals surface area (Å²) in [4.78, 5) is 4.85. The molecule has 1 unspecified atom stereocenters. The molecule has 52 heavy (non-hydrogen) atoms. The zero-order valence-electron chi connectivity index (χ0n) is 32.6. The molecule has 0 radical (unpaired) electrons. The Morgan fingerprint density at radius 1 is 0.865 bits per heavy atom. The Labute approximate surface area is 324 Å². The number of pyridine rings is 1. The Kier molecular flexibility index (Phi) is 10.3. The third-order valence-corrected chi connectivity index (χ3v) is 10.6. The van der Waals surface area contributed by atoms with E-state index in [2.05, 4.69) is 158 Å². The molecule has 0 aliphatic heterocycles. The number of hydrogen-bond donors (Lipinski definition) is 0. The third kappa shape index (κ3) is 6.94. The van der Waals surface area contributed by atoms with Gasteiger partial charge in [-0.1, -0.05) is 97.7 Å². The predicted octanol–water partition coefficient (Wildman–Crippen LogP) is 12.2. The zero-order valence-corrected chi connectivity index (χ0v) is 34.9. The number of benzene rings is 3. The van der Waals surface area contributed by atoms with Crippen molar-refractivity contribution in [1.29, 1.82) is 0 Å². The second-order valence-corrected chi connectivity index (χ2v) is 17.0. The van der Waals surface area contributed by atoms with E-state index in [1.165, 1.54) is 34.4 Å². The molecule has 272 valence electrons. The van der Waals surface area contributed by atoms with Crippen molar-refractivity contribution in [3.05, 3.63) is 119 Å². The van der Waals surface area contributed by atoms with Crippen molar-refractivity contribution in [2.45, 2.75) is 112 Å². The van der Waals surface area contributed by atoms with Gasteiger partial charge in [-0.2, -0.15) is 11.2 Å². The molecular formula is C46H52N4OPt. The van der Waals surface area contributed by atoms with Crippen LogP contribution in [0, 0.1) is 25.0 Å².